The number of nitrogens with one attached hydrogen (secondary N) is 2. The van der Waals surface area contributed by atoms with Crippen LogP contribution in [0.25, 0.3) is 49.3 Å². The molecule has 8 aromatic rings. The van der Waals surface area contributed by atoms with E-state index in [9.17, 15) is 0 Å². The fourth-order valence-electron chi connectivity index (χ4n) is 10.6. The molecule has 2 N–H and O–H groups in total. The number of benzene rings is 7. The van der Waals surface area contributed by atoms with Gasteiger partial charge in [-0.1, -0.05) is 140 Å². The van der Waals surface area contributed by atoms with Crippen molar-refractivity contribution in [2.24, 2.45) is 5.92 Å². The maximum Gasteiger partial charge on any atom is 0.129 e. The van der Waals surface area contributed by atoms with Crippen LogP contribution in [0.3, 0.4) is 0 Å². The van der Waals surface area contributed by atoms with E-state index < -0.39 is 0 Å². The molecular weight excluding hydrogens is 643 g/mol. The molecule has 3 atom stereocenters. The smallest absolute Gasteiger partial charge is 0.129 e. The Bertz CT molecular complexity index is 2850. The number of fused-ring (bicyclic) bond motifs is 11. The molecule has 1 aromatic heterocycles. The average Bonchev–Trinajstić information content (AvgIpc) is 3.84. The lowest BCUT2D eigenvalue weighted by Crippen LogP contribution is -2.32. The first kappa shape index (κ1) is 29.3. The van der Waals surface area contributed by atoms with Crippen LogP contribution in [0.5, 0.6) is 0 Å². The molecule has 252 valence electrons. The van der Waals surface area contributed by atoms with Crippen LogP contribution in [0.2, 0.25) is 0 Å². The number of aromatic nitrogens is 1. The number of anilines is 2. The van der Waals surface area contributed by atoms with E-state index in [1.807, 2.05) is 0 Å². The minimum atomic E-state index is -0.345. The summed E-state index contributed by atoms with van der Waals surface area (Å²) in [7, 11) is 0. The van der Waals surface area contributed by atoms with Gasteiger partial charge in [0.1, 0.15) is 6.17 Å². The lowest BCUT2D eigenvalue weighted by atomic mass is 9.63. The summed E-state index contributed by atoms with van der Waals surface area (Å²) in [4.78, 5) is 0. The monoisotopic (exact) mass is 679 g/mol. The molecule has 2 aliphatic carbocycles. The highest BCUT2D eigenvalue weighted by molar-refractivity contribution is 6.12. The number of allylic oxidation sites excluding steroid dienone is 4. The Balaban J connectivity index is 1.09. The molecule has 0 spiro atoms. The van der Waals surface area contributed by atoms with Crippen LogP contribution in [-0.2, 0) is 5.41 Å². The van der Waals surface area contributed by atoms with Crippen LogP contribution in [-0.4, -0.2) is 4.57 Å². The summed E-state index contributed by atoms with van der Waals surface area (Å²) >= 11 is 0. The highest BCUT2D eigenvalue weighted by atomic mass is 15.3. The molecule has 53 heavy (non-hydrogen) atoms. The molecule has 0 bridgehead atoms. The largest absolute Gasteiger partial charge is 0.372 e. The topological polar surface area (TPSA) is 29.0 Å². The van der Waals surface area contributed by atoms with E-state index in [1.165, 1.54) is 88.4 Å². The summed E-state index contributed by atoms with van der Waals surface area (Å²) in [6, 6.07) is 56.9. The number of nitrogens with zero attached hydrogens (tertiary/aromatic N) is 1. The normalized spacial score (nSPS) is 20.2. The number of hydrogen-bond acceptors (Lipinski definition) is 2. The first-order valence-corrected chi connectivity index (χ1v) is 19.0. The maximum absolute atomic E-state index is 4.07. The van der Waals surface area contributed by atoms with Crippen molar-refractivity contribution in [3.8, 4) is 11.1 Å². The summed E-state index contributed by atoms with van der Waals surface area (Å²) < 4.78 is 2.54. The second-order valence-corrected chi connectivity index (χ2v) is 15.4. The second-order valence-electron chi connectivity index (χ2n) is 15.4. The second kappa shape index (κ2) is 10.6. The Morgan fingerprint density at radius 3 is 2.19 bits per heavy atom. The van der Waals surface area contributed by atoms with Crippen molar-refractivity contribution in [3.63, 3.8) is 0 Å². The molecule has 0 radical (unpaired) electrons. The quantitative estimate of drug-likeness (QED) is 0.195. The minimum absolute atomic E-state index is 0.0651. The molecule has 3 heteroatoms. The van der Waals surface area contributed by atoms with E-state index >= 15 is 0 Å². The van der Waals surface area contributed by atoms with Crippen molar-refractivity contribution in [1.82, 2.24) is 4.57 Å². The summed E-state index contributed by atoms with van der Waals surface area (Å²) in [5, 5.41) is 13.2. The predicted octanol–water partition coefficient (Wildman–Crippen LogP) is 12.4. The van der Waals surface area contributed by atoms with E-state index in [0.29, 0.717) is 5.92 Å². The van der Waals surface area contributed by atoms with Gasteiger partial charge < -0.3 is 15.2 Å². The van der Waals surface area contributed by atoms with E-state index in [1.54, 1.807) is 0 Å². The zero-order valence-corrected chi connectivity index (χ0v) is 29.5. The van der Waals surface area contributed by atoms with Crippen LogP contribution in [0.4, 0.5) is 11.4 Å². The Hall–Kier alpha value is -6.32. The van der Waals surface area contributed by atoms with Gasteiger partial charge >= 0.3 is 0 Å². The average molecular weight is 680 g/mol. The van der Waals surface area contributed by atoms with Gasteiger partial charge in [-0.3, -0.25) is 0 Å². The predicted molar refractivity (Wildman–Crippen MR) is 220 cm³/mol. The summed E-state index contributed by atoms with van der Waals surface area (Å²) in [6.45, 7) is 2.42. The van der Waals surface area contributed by atoms with Crippen LogP contribution in [0.1, 0.15) is 53.4 Å². The van der Waals surface area contributed by atoms with Gasteiger partial charge in [-0.05, 0) is 92.6 Å². The first-order valence-electron chi connectivity index (χ1n) is 19.0. The van der Waals surface area contributed by atoms with Gasteiger partial charge in [-0.25, -0.2) is 0 Å². The van der Waals surface area contributed by atoms with Crippen molar-refractivity contribution in [3.05, 3.63) is 197 Å². The fraction of sp³-hybridized carbons (Fsp3) is 0.120. The molecule has 3 unspecified atom stereocenters. The molecule has 0 saturated carbocycles. The van der Waals surface area contributed by atoms with Gasteiger partial charge in [0.05, 0.1) is 33.9 Å². The van der Waals surface area contributed by atoms with Gasteiger partial charge in [-0.15, -0.1) is 0 Å². The van der Waals surface area contributed by atoms with Crippen molar-refractivity contribution < 1.29 is 0 Å². The van der Waals surface area contributed by atoms with Crippen molar-refractivity contribution in [1.29, 1.82) is 0 Å². The van der Waals surface area contributed by atoms with Gasteiger partial charge in [-0.2, -0.15) is 0 Å². The standard InChI is InChI=1S/C50H37N3/c1-30-13-12-21-38-39-27-32(23-25-42(39)50(45(30)38,34-15-4-2-5-16-34)35-17-6-3-7-18-35)33-28-40-37-20-10-11-22-44(37)53-48(40)41(29-33)47-49(53)51-43-26-24-31-14-8-9-19-36(31)46(43)52-47/h2-12,14-30,47,49,51-52H,13H2,1H3. The highest BCUT2D eigenvalue weighted by Gasteiger charge is 2.49. The number of rotatable bonds is 3. The molecule has 3 heterocycles. The van der Waals surface area contributed by atoms with Crippen LogP contribution in [0.15, 0.2) is 169 Å². The fourth-order valence-corrected chi connectivity index (χ4v) is 10.6. The van der Waals surface area contributed by atoms with Crippen LogP contribution < -0.4 is 10.6 Å². The van der Waals surface area contributed by atoms with E-state index in [4.69, 9.17) is 0 Å². The lowest BCUT2D eigenvalue weighted by Gasteiger charge is -2.38. The van der Waals surface area contributed by atoms with Gasteiger partial charge in [0.25, 0.3) is 0 Å². The SMILES string of the molecule is CC1CC=CC2=C1C(c1ccccc1)(c1ccccc1)c1ccc(-c3cc4c5c(c3)c3ccccc3n5C3Nc5ccc6ccccc6c5NC43)cc12. The Labute approximate surface area is 308 Å². The van der Waals surface area contributed by atoms with Crippen LogP contribution >= 0.6 is 0 Å². The molecule has 0 fully saturated rings. The van der Waals surface area contributed by atoms with Gasteiger partial charge in [0.15, 0.2) is 0 Å². The third kappa shape index (κ3) is 3.79. The minimum Gasteiger partial charge on any atom is -0.372 e. The third-order valence-corrected chi connectivity index (χ3v) is 12.7. The molecule has 0 amide bonds. The summed E-state index contributed by atoms with van der Waals surface area (Å²) in [5.74, 6) is 0.412. The third-order valence-electron chi connectivity index (χ3n) is 12.7. The van der Waals surface area contributed by atoms with Gasteiger partial charge in [0, 0.05) is 21.7 Å². The number of hydrogen-bond donors (Lipinski definition) is 2. The molecule has 2 aliphatic heterocycles. The zero-order valence-electron chi connectivity index (χ0n) is 29.5. The van der Waals surface area contributed by atoms with Gasteiger partial charge in [0.2, 0.25) is 0 Å². The Kier molecular flexibility index (Phi) is 5.86. The van der Waals surface area contributed by atoms with E-state index in [-0.39, 0.29) is 17.6 Å². The van der Waals surface area contributed by atoms with Crippen molar-refractivity contribution in [2.45, 2.75) is 31.0 Å². The summed E-state index contributed by atoms with van der Waals surface area (Å²) in [6.07, 6.45) is 5.91. The lowest BCUT2D eigenvalue weighted by molar-refractivity contribution is 0.541. The number of para-hydroxylation sites is 1. The van der Waals surface area contributed by atoms with E-state index in [0.717, 1.165) is 12.1 Å². The molecule has 4 aliphatic rings. The maximum atomic E-state index is 4.07. The van der Waals surface area contributed by atoms with Crippen molar-refractivity contribution in [2.75, 3.05) is 10.6 Å². The van der Waals surface area contributed by atoms with Crippen LogP contribution in [0, 0.1) is 5.92 Å². The van der Waals surface area contributed by atoms with E-state index in [2.05, 4.69) is 186 Å². The highest BCUT2D eigenvalue weighted by Crippen LogP contribution is 2.59. The molecule has 12 rings (SSSR count). The van der Waals surface area contributed by atoms with Crippen molar-refractivity contribution >= 4 is 49.5 Å². The molecule has 7 aromatic carbocycles. The zero-order chi connectivity index (χ0) is 34.8. The molecule has 0 saturated heterocycles. The Morgan fingerprint density at radius 1 is 0.642 bits per heavy atom. The Morgan fingerprint density at radius 2 is 1.38 bits per heavy atom. The molecule has 3 nitrogen and oxygen atoms in total. The summed E-state index contributed by atoms with van der Waals surface area (Å²) in [5.41, 5.74) is 16.8. The molecular formula is C50H37N3. The first-order chi connectivity index (χ1) is 26.2.